The minimum atomic E-state index is -1.68. The van der Waals surface area contributed by atoms with Crippen LogP contribution in [0.2, 0.25) is 0 Å². The number of aliphatic hydroxyl groups excluding tert-OH is 2. The van der Waals surface area contributed by atoms with E-state index < -0.39 is 47.2 Å². The van der Waals surface area contributed by atoms with Crippen LogP contribution in [-0.2, 0) is 14.3 Å². The summed E-state index contributed by atoms with van der Waals surface area (Å²) in [6, 6.07) is 0. The monoisotopic (exact) mass is 450 g/mol. The van der Waals surface area contributed by atoms with Gasteiger partial charge in [0.05, 0.1) is 18.3 Å². The molecule has 1 rings (SSSR count). The molecule has 0 radical (unpaired) electrons. The van der Waals surface area contributed by atoms with Crippen molar-refractivity contribution in [3.63, 3.8) is 0 Å². The first-order chi connectivity index (χ1) is 14.6. The summed E-state index contributed by atoms with van der Waals surface area (Å²) in [5, 5.41) is 40.9. The van der Waals surface area contributed by atoms with Gasteiger partial charge in [0.2, 0.25) is 0 Å². The standard InChI is InChI=1S/C25H38O7/c1-17(2)15-22(29)32-21-10-13-24(5,12-9-20(28)23(3,4)30)11-7-18(16-26)19(27)8-14-25(21,6)31/h7-8,10,13-15,20-21,26,28,30-31H,9,11-12,16H2,1-6H3/b13-10+,14-8-,18-7-/t20-,21-,24-,25-/m1/s1. The Kier molecular flexibility index (Phi) is 9.78. The lowest BCUT2D eigenvalue weighted by Gasteiger charge is -2.32. The van der Waals surface area contributed by atoms with Crippen LogP contribution in [0.5, 0.6) is 0 Å². The fourth-order valence-electron chi connectivity index (χ4n) is 3.19. The van der Waals surface area contributed by atoms with E-state index in [0.717, 1.165) is 5.57 Å². The van der Waals surface area contributed by atoms with Crippen molar-refractivity contribution in [2.75, 3.05) is 6.61 Å². The molecule has 0 fully saturated rings. The highest BCUT2D eigenvalue weighted by Gasteiger charge is 2.34. The lowest BCUT2D eigenvalue weighted by Crippen LogP contribution is -2.40. The van der Waals surface area contributed by atoms with Crippen LogP contribution in [0.3, 0.4) is 0 Å². The van der Waals surface area contributed by atoms with Crippen molar-refractivity contribution in [2.45, 2.75) is 84.2 Å². The van der Waals surface area contributed by atoms with Crippen LogP contribution in [0, 0.1) is 5.41 Å². The van der Waals surface area contributed by atoms with Crippen LogP contribution < -0.4 is 0 Å². The molecule has 0 aromatic carbocycles. The van der Waals surface area contributed by atoms with E-state index in [-0.39, 0.29) is 12.0 Å². The van der Waals surface area contributed by atoms with Gasteiger partial charge in [0.1, 0.15) is 5.60 Å². The molecule has 0 aliphatic heterocycles. The maximum atomic E-state index is 12.5. The van der Waals surface area contributed by atoms with Gasteiger partial charge < -0.3 is 25.2 Å². The average Bonchev–Trinajstić information content (AvgIpc) is 2.67. The van der Waals surface area contributed by atoms with E-state index in [1.807, 2.05) is 6.92 Å². The number of hydrogen-bond donors (Lipinski definition) is 4. The van der Waals surface area contributed by atoms with E-state index in [1.165, 1.54) is 39.0 Å². The largest absolute Gasteiger partial charge is 0.452 e. The van der Waals surface area contributed by atoms with Gasteiger partial charge in [0.25, 0.3) is 0 Å². The third kappa shape index (κ3) is 8.82. The van der Waals surface area contributed by atoms with Crippen LogP contribution in [-0.4, -0.2) is 62.2 Å². The van der Waals surface area contributed by atoms with Gasteiger partial charge in [-0.05, 0) is 77.5 Å². The summed E-state index contributed by atoms with van der Waals surface area (Å²) in [4.78, 5) is 24.7. The zero-order valence-corrected chi connectivity index (χ0v) is 20.0. The van der Waals surface area contributed by atoms with Gasteiger partial charge in [-0.3, -0.25) is 4.79 Å². The van der Waals surface area contributed by atoms with Gasteiger partial charge in [-0.1, -0.05) is 24.6 Å². The lowest BCUT2D eigenvalue weighted by molar-refractivity contribution is -0.148. The Labute approximate surface area is 190 Å². The van der Waals surface area contributed by atoms with Gasteiger partial charge in [0, 0.05) is 11.6 Å². The van der Waals surface area contributed by atoms with Gasteiger partial charge in [-0.2, -0.15) is 0 Å². The molecule has 7 nitrogen and oxygen atoms in total. The fourth-order valence-corrected chi connectivity index (χ4v) is 3.19. The molecule has 0 spiro atoms. The molecule has 0 aromatic heterocycles. The molecule has 0 aromatic rings. The second-order valence-corrected chi connectivity index (χ2v) is 9.82. The van der Waals surface area contributed by atoms with E-state index in [9.17, 15) is 30.0 Å². The minimum Gasteiger partial charge on any atom is -0.452 e. The number of ether oxygens (including phenoxy) is 1. The van der Waals surface area contributed by atoms with Crippen LogP contribution in [0.4, 0.5) is 0 Å². The summed E-state index contributed by atoms with van der Waals surface area (Å²) in [6.45, 7) is 9.41. The van der Waals surface area contributed by atoms with Gasteiger partial charge >= 0.3 is 5.97 Å². The van der Waals surface area contributed by atoms with Crippen molar-refractivity contribution in [3.8, 4) is 0 Å². The summed E-state index contributed by atoms with van der Waals surface area (Å²) in [5.41, 5.74) is -2.65. The van der Waals surface area contributed by atoms with Gasteiger partial charge in [-0.25, -0.2) is 4.79 Å². The number of allylic oxidation sites excluding steroid dienone is 4. The zero-order valence-electron chi connectivity index (χ0n) is 20.0. The number of ketones is 1. The normalized spacial score (nSPS) is 31.5. The zero-order chi connectivity index (χ0) is 24.7. The maximum Gasteiger partial charge on any atom is 0.331 e. The first-order valence-electron chi connectivity index (χ1n) is 10.8. The Morgan fingerprint density at radius 1 is 1.31 bits per heavy atom. The Morgan fingerprint density at radius 3 is 2.47 bits per heavy atom. The molecule has 7 heteroatoms. The summed E-state index contributed by atoms with van der Waals surface area (Å²) in [6.07, 6.45) is 7.75. The van der Waals surface area contributed by atoms with E-state index >= 15 is 0 Å². The molecular weight excluding hydrogens is 412 g/mol. The van der Waals surface area contributed by atoms with Crippen molar-refractivity contribution >= 4 is 11.8 Å². The van der Waals surface area contributed by atoms with E-state index in [2.05, 4.69) is 0 Å². The molecule has 4 atom stereocenters. The highest BCUT2D eigenvalue weighted by molar-refractivity contribution is 6.04. The molecule has 4 N–H and O–H groups in total. The Morgan fingerprint density at radius 2 is 1.94 bits per heavy atom. The van der Waals surface area contributed by atoms with Gasteiger partial charge in [0.15, 0.2) is 11.9 Å². The molecule has 0 saturated heterocycles. The summed E-state index contributed by atoms with van der Waals surface area (Å²) in [7, 11) is 0. The number of carbonyl (C=O) groups excluding carboxylic acids is 2. The molecule has 1 aliphatic carbocycles. The van der Waals surface area contributed by atoms with Crippen molar-refractivity contribution in [2.24, 2.45) is 5.41 Å². The molecule has 0 saturated carbocycles. The number of hydrogen-bond acceptors (Lipinski definition) is 7. The van der Waals surface area contributed by atoms with E-state index in [0.29, 0.717) is 12.8 Å². The second-order valence-electron chi connectivity index (χ2n) is 9.82. The van der Waals surface area contributed by atoms with Crippen LogP contribution >= 0.6 is 0 Å². The topological polar surface area (TPSA) is 124 Å². The second kappa shape index (κ2) is 11.2. The summed E-state index contributed by atoms with van der Waals surface area (Å²) >= 11 is 0. The Bertz CT molecular complexity index is 792. The molecular formula is C25H38O7. The minimum absolute atomic E-state index is 0.180. The number of rotatable bonds is 7. The molecule has 0 unspecified atom stereocenters. The average molecular weight is 451 g/mol. The summed E-state index contributed by atoms with van der Waals surface area (Å²) < 4.78 is 5.48. The Hall–Kier alpha value is -2.06. The maximum absolute atomic E-state index is 12.5. The van der Waals surface area contributed by atoms with Crippen molar-refractivity contribution < 1.29 is 34.8 Å². The molecule has 1 aliphatic rings. The highest BCUT2D eigenvalue weighted by atomic mass is 16.6. The number of esters is 1. The predicted octanol–water partition coefficient (Wildman–Crippen LogP) is 2.54. The molecule has 0 bridgehead atoms. The molecule has 180 valence electrons. The summed E-state index contributed by atoms with van der Waals surface area (Å²) in [5.74, 6) is -1.08. The van der Waals surface area contributed by atoms with Crippen molar-refractivity contribution in [1.82, 2.24) is 0 Å². The highest BCUT2D eigenvalue weighted by Crippen LogP contribution is 2.34. The molecule has 0 heterocycles. The van der Waals surface area contributed by atoms with Crippen molar-refractivity contribution in [1.29, 1.82) is 0 Å². The van der Waals surface area contributed by atoms with Crippen LogP contribution in [0.1, 0.15) is 60.8 Å². The quantitative estimate of drug-likeness (QED) is 0.267. The van der Waals surface area contributed by atoms with E-state index in [1.54, 1.807) is 32.1 Å². The fraction of sp³-hybridized carbons (Fsp3) is 0.600. The van der Waals surface area contributed by atoms with Crippen LogP contribution in [0.15, 0.2) is 47.6 Å². The predicted molar refractivity (Wildman–Crippen MR) is 123 cm³/mol. The first kappa shape index (κ1) is 28.0. The number of carbonyl (C=O) groups is 2. The SMILES string of the molecule is CC(C)=CC(=O)O[C@@H]1/C=C/[C@@](C)(CC[C@@H](O)C(C)(C)O)C/C=C(/CO)C(=O)/C=C\[C@@]1(C)O. The number of aliphatic hydroxyl groups is 4. The Balaban J connectivity index is 3.38. The van der Waals surface area contributed by atoms with Crippen LogP contribution in [0.25, 0.3) is 0 Å². The molecule has 32 heavy (non-hydrogen) atoms. The third-order valence-corrected chi connectivity index (χ3v) is 5.58. The van der Waals surface area contributed by atoms with Gasteiger partial charge in [-0.15, -0.1) is 0 Å². The molecule has 0 amide bonds. The lowest BCUT2D eigenvalue weighted by atomic mass is 9.78. The third-order valence-electron chi connectivity index (χ3n) is 5.58. The smallest absolute Gasteiger partial charge is 0.331 e. The van der Waals surface area contributed by atoms with Crippen molar-refractivity contribution in [3.05, 3.63) is 47.6 Å². The first-order valence-corrected chi connectivity index (χ1v) is 10.8. The van der Waals surface area contributed by atoms with E-state index in [4.69, 9.17) is 4.74 Å².